The van der Waals surface area contributed by atoms with Crippen LogP contribution in [0.5, 0.6) is 0 Å². The fraction of sp³-hybridized carbons (Fsp3) is 0.889. The molecule has 0 saturated carbocycles. The molecule has 2 rings (SSSR count). The number of hydrogen-bond acceptors (Lipinski definition) is 6. The van der Waals surface area contributed by atoms with Crippen LogP contribution in [-0.2, 0) is 18.7 Å². The summed E-state index contributed by atoms with van der Waals surface area (Å²) >= 11 is 1.91. The molecule has 4 atom stereocenters. The molecular formula is C27H50FN4O5PS. The molecule has 0 spiro atoms. The minimum absolute atomic E-state index is 0.0129. The molecule has 0 bridgehead atoms. The van der Waals surface area contributed by atoms with E-state index < -0.39 is 7.68 Å². The number of amides is 4. The Hall–Kier alpha value is -1.32. The zero-order chi connectivity index (χ0) is 28.3. The molecule has 226 valence electrons. The summed E-state index contributed by atoms with van der Waals surface area (Å²) in [5, 5.41) is 12.4. The fourth-order valence-electron chi connectivity index (χ4n) is 5.06. The number of thioether (sulfide) groups is 1. The topological polar surface area (TPSA) is 126 Å². The van der Waals surface area contributed by atoms with Crippen LogP contribution in [0.2, 0.25) is 0 Å². The Bertz CT molecular complexity index is 793. The summed E-state index contributed by atoms with van der Waals surface area (Å²) < 4.78 is 29.4. The molecule has 0 aromatic rings. The largest absolute Gasteiger partial charge is 0.367 e. The highest BCUT2D eigenvalue weighted by molar-refractivity contribution is 8.00. The van der Waals surface area contributed by atoms with Gasteiger partial charge in [0.15, 0.2) is 0 Å². The molecule has 12 heteroatoms. The van der Waals surface area contributed by atoms with Crippen molar-refractivity contribution in [3.8, 4) is 0 Å². The van der Waals surface area contributed by atoms with E-state index in [-0.39, 0.29) is 42.7 Å². The van der Waals surface area contributed by atoms with E-state index in [0.29, 0.717) is 37.6 Å². The Kier molecular flexibility index (Phi) is 17.1. The van der Waals surface area contributed by atoms with Gasteiger partial charge in [-0.25, -0.2) is 4.79 Å². The second-order valence-corrected chi connectivity index (χ2v) is 13.7. The number of unbranched alkanes of at least 4 members (excludes halogenated alkanes) is 9. The van der Waals surface area contributed by atoms with E-state index >= 15 is 0 Å². The summed E-state index contributed by atoms with van der Waals surface area (Å²) in [5.41, 5.74) is 0. The van der Waals surface area contributed by atoms with Crippen molar-refractivity contribution in [3.05, 3.63) is 0 Å². The van der Waals surface area contributed by atoms with Crippen LogP contribution in [-0.4, -0.2) is 66.8 Å². The van der Waals surface area contributed by atoms with Crippen molar-refractivity contribution in [1.82, 2.24) is 21.3 Å². The Morgan fingerprint density at radius 3 is 2.10 bits per heavy atom. The average molecular weight is 593 g/mol. The van der Waals surface area contributed by atoms with E-state index in [9.17, 15) is 23.1 Å². The van der Waals surface area contributed by atoms with Gasteiger partial charge in [0.05, 0.1) is 24.9 Å². The van der Waals surface area contributed by atoms with E-state index in [1.165, 1.54) is 0 Å². The molecule has 4 amide bonds. The first kappa shape index (κ1) is 33.9. The number of hydrogen-bond donors (Lipinski definition) is 4. The average Bonchev–Trinajstić information content (AvgIpc) is 3.44. The van der Waals surface area contributed by atoms with Crippen molar-refractivity contribution in [2.24, 2.45) is 0 Å². The molecule has 4 N–H and O–H groups in total. The second kappa shape index (κ2) is 19.7. The number of halogens is 1. The molecule has 9 nitrogen and oxygen atoms in total. The molecule has 2 fully saturated rings. The van der Waals surface area contributed by atoms with E-state index in [2.05, 4.69) is 25.8 Å². The van der Waals surface area contributed by atoms with Gasteiger partial charge < -0.3 is 25.8 Å². The predicted octanol–water partition coefficient (Wildman–Crippen LogP) is 5.43. The van der Waals surface area contributed by atoms with Crippen LogP contribution in [0.3, 0.4) is 0 Å². The van der Waals surface area contributed by atoms with Gasteiger partial charge >= 0.3 is 13.7 Å². The number of carbonyl (C=O) groups is 3. The molecule has 0 aliphatic carbocycles. The smallest absolute Gasteiger partial charge is 0.356 e. The van der Waals surface area contributed by atoms with Gasteiger partial charge in [0.25, 0.3) is 0 Å². The van der Waals surface area contributed by atoms with Gasteiger partial charge in [-0.2, -0.15) is 16.0 Å². The maximum Gasteiger partial charge on any atom is 0.367 e. The van der Waals surface area contributed by atoms with E-state index in [0.717, 1.165) is 82.8 Å². The molecule has 2 aliphatic heterocycles. The van der Waals surface area contributed by atoms with E-state index in [4.69, 9.17) is 0 Å². The zero-order valence-electron chi connectivity index (χ0n) is 23.6. The van der Waals surface area contributed by atoms with E-state index in [1.54, 1.807) is 6.92 Å². The Morgan fingerprint density at radius 2 is 1.46 bits per heavy atom. The summed E-state index contributed by atoms with van der Waals surface area (Å²) in [7, 11) is -3.87. The minimum Gasteiger partial charge on any atom is -0.356 e. The lowest BCUT2D eigenvalue weighted by molar-refractivity contribution is -0.121. The van der Waals surface area contributed by atoms with Gasteiger partial charge in [-0.05, 0) is 51.9 Å². The molecule has 0 aromatic heterocycles. The highest BCUT2D eigenvalue weighted by atomic mass is 32.2. The van der Waals surface area contributed by atoms with Gasteiger partial charge in [0.1, 0.15) is 0 Å². The highest BCUT2D eigenvalue weighted by Gasteiger charge is 2.42. The van der Waals surface area contributed by atoms with Crippen LogP contribution in [0, 0.1) is 0 Å². The van der Waals surface area contributed by atoms with Crippen molar-refractivity contribution in [3.63, 3.8) is 0 Å². The zero-order valence-corrected chi connectivity index (χ0v) is 25.4. The molecule has 2 aliphatic rings. The third-order valence-corrected chi connectivity index (χ3v) is 10.2. The van der Waals surface area contributed by atoms with Crippen LogP contribution in [0.15, 0.2) is 0 Å². The van der Waals surface area contributed by atoms with Gasteiger partial charge in [-0.15, -0.1) is 0 Å². The summed E-state index contributed by atoms with van der Waals surface area (Å²) in [5.74, 6) is 1.16. The lowest BCUT2D eigenvalue weighted by Gasteiger charge is -2.16. The first-order valence-electron chi connectivity index (χ1n) is 15.0. The van der Waals surface area contributed by atoms with Gasteiger partial charge in [-0.3, -0.25) is 14.2 Å². The number of rotatable bonds is 23. The third-order valence-electron chi connectivity index (χ3n) is 7.23. The number of fused-ring (bicyclic) bond motifs is 1. The first-order valence-corrected chi connectivity index (χ1v) is 17.7. The van der Waals surface area contributed by atoms with Crippen molar-refractivity contribution in [1.29, 1.82) is 0 Å². The van der Waals surface area contributed by atoms with Crippen LogP contribution >= 0.6 is 19.4 Å². The molecular weight excluding hydrogens is 542 g/mol. The van der Waals surface area contributed by atoms with E-state index in [1.807, 2.05) is 11.8 Å². The molecule has 2 saturated heterocycles. The van der Waals surface area contributed by atoms with Crippen LogP contribution in [0.25, 0.3) is 0 Å². The summed E-state index contributed by atoms with van der Waals surface area (Å²) in [4.78, 5) is 35.4. The fourth-order valence-corrected chi connectivity index (χ4v) is 7.72. The SMILES string of the molecule is CCOP(=O)(F)CCCCCCCCCC(=O)NCCCCCNC(=O)CCCCC1SCC2NC(=O)NC21. The normalized spacial score (nSPS) is 21.6. The molecule has 0 aromatic carbocycles. The Morgan fingerprint density at radius 1 is 0.897 bits per heavy atom. The standard InChI is InChI=1S/C27H50FN4O5PS/c1-2-37-38(28,36)20-14-7-5-3-4-6-9-16-24(33)29-18-12-8-13-19-30-25(34)17-11-10-15-23-26-22(21-39-23)31-27(35)32-26/h22-23,26H,2-21H2,1H3,(H,29,33)(H,30,34)(H2,31,32,35). The summed E-state index contributed by atoms with van der Waals surface area (Å²) in [6.45, 7) is 3.13. The monoisotopic (exact) mass is 592 g/mol. The highest BCUT2D eigenvalue weighted by Crippen LogP contribution is 2.49. The first-order chi connectivity index (χ1) is 18.8. The lowest BCUT2D eigenvalue weighted by atomic mass is 10.0. The number of urea groups is 1. The lowest BCUT2D eigenvalue weighted by Crippen LogP contribution is -2.36. The van der Waals surface area contributed by atoms with Crippen molar-refractivity contribution >= 4 is 37.3 Å². The molecule has 2 heterocycles. The maximum absolute atomic E-state index is 13.4. The number of nitrogens with one attached hydrogen (secondary N) is 4. The summed E-state index contributed by atoms with van der Waals surface area (Å²) in [6, 6.07) is 0.427. The van der Waals surface area contributed by atoms with Gasteiger partial charge in [0.2, 0.25) is 11.8 Å². The third kappa shape index (κ3) is 15.3. The van der Waals surface area contributed by atoms with Crippen molar-refractivity contribution < 1.29 is 27.7 Å². The number of carbonyl (C=O) groups excluding carboxylic acids is 3. The molecule has 0 radical (unpaired) electrons. The van der Waals surface area contributed by atoms with Crippen LogP contribution < -0.4 is 21.3 Å². The second-order valence-electron chi connectivity index (χ2n) is 10.6. The Labute approximate surface area is 238 Å². The predicted molar refractivity (Wildman–Crippen MR) is 156 cm³/mol. The van der Waals surface area contributed by atoms with Gasteiger partial charge in [-0.1, -0.05) is 38.5 Å². The quantitative estimate of drug-likeness (QED) is 0.0712. The van der Waals surface area contributed by atoms with Crippen LogP contribution in [0.1, 0.15) is 103 Å². The van der Waals surface area contributed by atoms with Crippen molar-refractivity contribution in [2.45, 2.75) is 121 Å². The van der Waals surface area contributed by atoms with Crippen LogP contribution in [0.4, 0.5) is 8.99 Å². The maximum atomic E-state index is 13.4. The van der Waals surface area contributed by atoms with Gasteiger partial charge in [0, 0.05) is 36.9 Å². The minimum atomic E-state index is -3.87. The Balaban J connectivity index is 1.30. The van der Waals surface area contributed by atoms with Crippen molar-refractivity contribution in [2.75, 3.05) is 31.6 Å². The summed E-state index contributed by atoms with van der Waals surface area (Å²) in [6.07, 6.45) is 13.2. The molecule has 4 unspecified atom stereocenters. The molecule has 39 heavy (non-hydrogen) atoms.